The summed E-state index contributed by atoms with van der Waals surface area (Å²) in [6.45, 7) is 2.21. The molecule has 28 heavy (non-hydrogen) atoms. The van der Waals surface area contributed by atoms with Gasteiger partial charge in [-0.2, -0.15) is 10.1 Å². The summed E-state index contributed by atoms with van der Waals surface area (Å²) < 4.78 is 17.5. The SMILES string of the molecule is Cl.O=C(N=c1sccn1Cc1ccccc1F)c1ccn(C2CCCNC2)n1. The molecule has 1 saturated heterocycles. The standard InChI is InChI=1S/C19H20FN5OS.ClH/c20-16-6-2-1-4-14(16)13-24-10-11-27-19(24)22-18(26)17-7-9-25(23-17)15-5-3-8-21-12-15;/h1-2,4,6-7,9-11,15,21H,3,5,8,12-13H2;1H. The average Bonchev–Trinajstić information content (AvgIpc) is 3.34. The molecule has 0 radical (unpaired) electrons. The van der Waals surface area contributed by atoms with Crippen LogP contribution in [0.15, 0.2) is 53.1 Å². The van der Waals surface area contributed by atoms with E-state index in [9.17, 15) is 9.18 Å². The van der Waals surface area contributed by atoms with E-state index in [1.165, 1.54) is 17.4 Å². The van der Waals surface area contributed by atoms with E-state index in [0.717, 1.165) is 25.9 Å². The predicted molar refractivity (Wildman–Crippen MR) is 108 cm³/mol. The number of carbonyl (C=O) groups is 1. The van der Waals surface area contributed by atoms with Crippen molar-refractivity contribution in [2.75, 3.05) is 13.1 Å². The molecule has 9 heteroatoms. The maximum absolute atomic E-state index is 13.9. The third-order valence-electron chi connectivity index (χ3n) is 4.63. The van der Waals surface area contributed by atoms with Crippen LogP contribution in [0.25, 0.3) is 0 Å². The van der Waals surface area contributed by atoms with Gasteiger partial charge in [-0.15, -0.1) is 23.7 Å². The molecule has 3 aromatic rings. The van der Waals surface area contributed by atoms with Gasteiger partial charge in [-0.1, -0.05) is 18.2 Å². The van der Waals surface area contributed by atoms with E-state index in [4.69, 9.17) is 0 Å². The molecule has 6 nitrogen and oxygen atoms in total. The van der Waals surface area contributed by atoms with Crippen molar-refractivity contribution in [2.24, 2.45) is 4.99 Å². The molecule has 0 saturated carbocycles. The number of thiazole rings is 1. The quantitative estimate of drug-likeness (QED) is 0.704. The van der Waals surface area contributed by atoms with Gasteiger partial charge in [0.1, 0.15) is 5.82 Å². The molecule has 1 N–H and O–H groups in total. The first kappa shape index (κ1) is 20.4. The lowest BCUT2D eigenvalue weighted by Gasteiger charge is -2.22. The van der Waals surface area contributed by atoms with Crippen molar-refractivity contribution < 1.29 is 9.18 Å². The van der Waals surface area contributed by atoms with Crippen LogP contribution in [0.4, 0.5) is 4.39 Å². The third kappa shape index (κ3) is 4.57. The summed E-state index contributed by atoms with van der Waals surface area (Å²) in [5.41, 5.74) is 0.880. The minimum Gasteiger partial charge on any atom is -0.319 e. The number of hydrogen-bond donors (Lipinski definition) is 1. The van der Waals surface area contributed by atoms with Crippen molar-refractivity contribution in [3.05, 3.63) is 70.0 Å². The first-order valence-corrected chi connectivity index (χ1v) is 9.81. The molecule has 1 atom stereocenters. The zero-order valence-electron chi connectivity index (χ0n) is 15.1. The van der Waals surface area contributed by atoms with Gasteiger partial charge in [-0.3, -0.25) is 9.48 Å². The molecule has 148 valence electrons. The van der Waals surface area contributed by atoms with Gasteiger partial charge in [0.25, 0.3) is 5.91 Å². The third-order valence-corrected chi connectivity index (χ3v) is 5.42. The molecular formula is C19H21ClFN5OS. The fourth-order valence-corrected chi connectivity index (χ4v) is 3.90. The summed E-state index contributed by atoms with van der Waals surface area (Å²) in [6, 6.07) is 8.58. The molecule has 2 aromatic heterocycles. The maximum atomic E-state index is 13.9. The van der Waals surface area contributed by atoms with E-state index in [1.807, 2.05) is 16.3 Å². The Morgan fingerprint density at radius 3 is 2.96 bits per heavy atom. The van der Waals surface area contributed by atoms with Crippen LogP contribution in [0.1, 0.15) is 34.9 Å². The van der Waals surface area contributed by atoms with Gasteiger partial charge in [0.15, 0.2) is 10.5 Å². The first-order chi connectivity index (χ1) is 13.2. The van der Waals surface area contributed by atoms with Crippen molar-refractivity contribution >= 4 is 29.7 Å². The molecule has 1 aromatic carbocycles. The highest BCUT2D eigenvalue weighted by Gasteiger charge is 2.17. The lowest BCUT2D eigenvalue weighted by molar-refractivity contribution is 0.0991. The van der Waals surface area contributed by atoms with Crippen molar-refractivity contribution in [1.29, 1.82) is 0 Å². The van der Waals surface area contributed by atoms with Gasteiger partial charge >= 0.3 is 0 Å². The molecule has 4 rings (SSSR count). The molecule has 1 aliphatic heterocycles. The molecule has 1 unspecified atom stereocenters. The zero-order valence-corrected chi connectivity index (χ0v) is 16.8. The molecule has 1 aliphatic rings. The second-order valence-corrected chi connectivity index (χ2v) is 7.38. The molecule has 1 fully saturated rings. The van der Waals surface area contributed by atoms with Crippen molar-refractivity contribution in [2.45, 2.75) is 25.4 Å². The van der Waals surface area contributed by atoms with Crippen molar-refractivity contribution in [3.8, 4) is 0 Å². The monoisotopic (exact) mass is 421 g/mol. The summed E-state index contributed by atoms with van der Waals surface area (Å²) in [5, 5.41) is 9.59. The highest BCUT2D eigenvalue weighted by molar-refractivity contribution is 7.07. The van der Waals surface area contributed by atoms with Crippen LogP contribution >= 0.6 is 23.7 Å². The van der Waals surface area contributed by atoms with E-state index in [0.29, 0.717) is 22.6 Å². The topological polar surface area (TPSA) is 64.2 Å². The first-order valence-electron chi connectivity index (χ1n) is 8.93. The Labute approximate surface area is 172 Å². The molecular weight excluding hydrogens is 401 g/mol. The second-order valence-electron chi connectivity index (χ2n) is 6.50. The predicted octanol–water partition coefficient (Wildman–Crippen LogP) is 3.02. The van der Waals surface area contributed by atoms with Crippen LogP contribution in [-0.2, 0) is 6.54 Å². The van der Waals surface area contributed by atoms with Gasteiger partial charge in [0, 0.05) is 29.9 Å². The van der Waals surface area contributed by atoms with Gasteiger partial charge in [0.2, 0.25) is 0 Å². The Kier molecular flexibility index (Phi) is 6.77. The number of rotatable bonds is 4. The number of amides is 1. The van der Waals surface area contributed by atoms with Crippen LogP contribution in [0.5, 0.6) is 0 Å². The number of carbonyl (C=O) groups excluding carboxylic acids is 1. The molecule has 0 aliphatic carbocycles. The lowest BCUT2D eigenvalue weighted by Crippen LogP contribution is -2.32. The number of benzene rings is 1. The van der Waals surface area contributed by atoms with Crippen LogP contribution in [-0.4, -0.2) is 33.3 Å². The van der Waals surface area contributed by atoms with Gasteiger partial charge in [-0.05, 0) is 31.5 Å². The number of halogens is 2. The number of nitrogens with one attached hydrogen (secondary N) is 1. The molecule has 0 bridgehead atoms. The Hall–Kier alpha value is -2.29. The van der Waals surface area contributed by atoms with Crippen LogP contribution in [0.2, 0.25) is 0 Å². The minimum atomic E-state index is -0.387. The summed E-state index contributed by atoms with van der Waals surface area (Å²) in [7, 11) is 0. The minimum absolute atomic E-state index is 0. The summed E-state index contributed by atoms with van der Waals surface area (Å²) in [6.07, 6.45) is 5.79. The molecule has 1 amide bonds. The Balaban J connectivity index is 0.00000225. The lowest BCUT2D eigenvalue weighted by atomic mass is 10.1. The highest BCUT2D eigenvalue weighted by Crippen LogP contribution is 2.16. The Bertz CT molecular complexity index is 1010. The summed E-state index contributed by atoms with van der Waals surface area (Å²) in [5.74, 6) is -0.657. The normalized spacial score (nSPS) is 17.3. The van der Waals surface area contributed by atoms with Crippen molar-refractivity contribution in [3.63, 3.8) is 0 Å². The smallest absolute Gasteiger partial charge is 0.300 e. The summed E-state index contributed by atoms with van der Waals surface area (Å²) in [4.78, 5) is 17.3. The van der Waals surface area contributed by atoms with Crippen LogP contribution < -0.4 is 10.1 Å². The van der Waals surface area contributed by atoms with Gasteiger partial charge in [0.05, 0.1) is 12.6 Å². The average molecular weight is 422 g/mol. The van der Waals surface area contributed by atoms with Crippen molar-refractivity contribution in [1.82, 2.24) is 19.7 Å². The highest BCUT2D eigenvalue weighted by atomic mass is 35.5. The summed E-state index contributed by atoms with van der Waals surface area (Å²) >= 11 is 1.34. The molecule has 0 spiro atoms. The van der Waals surface area contributed by atoms with E-state index in [1.54, 1.807) is 35.0 Å². The largest absolute Gasteiger partial charge is 0.319 e. The fourth-order valence-electron chi connectivity index (χ4n) is 3.18. The Morgan fingerprint density at radius 2 is 2.18 bits per heavy atom. The Morgan fingerprint density at radius 1 is 1.32 bits per heavy atom. The number of piperidine rings is 1. The number of nitrogens with zero attached hydrogens (tertiary/aromatic N) is 4. The fraction of sp³-hybridized carbons (Fsp3) is 0.316. The van der Waals surface area contributed by atoms with Gasteiger partial charge in [-0.25, -0.2) is 4.39 Å². The van der Waals surface area contributed by atoms with Crippen LogP contribution in [0, 0.1) is 5.82 Å². The number of hydrogen-bond acceptors (Lipinski definition) is 4. The molecule has 3 heterocycles. The van der Waals surface area contributed by atoms with Crippen LogP contribution in [0.3, 0.4) is 0 Å². The zero-order chi connectivity index (χ0) is 18.6. The van der Waals surface area contributed by atoms with E-state index in [2.05, 4.69) is 15.4 Å². The van der Waals surface area contributed by atoms with Gasteiger partial charge < -0.3 is 9.88 Å². The number of aromatic nitrogens is 3. The maximum Gasteiger partial charge on any atom is 0.300 e. The van der Waals surface area contributed by atoms with E-state index in [-0.39, 0.29) is 30.2 Å². The second kappa shape index (κ2) is 9.27. The van der Waals surface area contributed by atoms with E-state index >= 15 is 0 Å². The van der Waals surface area contributed by atoms with E-state index < -0.39 is 0 Å².